The Balaban J connectivity index is 2.21. The van der Waals surface area contributed by atoms with E-state index in [0.717, 1.165) is 0 Å². The molecular formula is C13H8Br2FNO3. The molecule has 0 aliphatic heterocycles. The van der Waals surface area contributed by atoms with Gasteiger partial charge in [-0.25, -0.2) is 4.39 Å². The van der Waals surface area contributed by atoms with Crippen LogP contribution in [0.15, 0.2) is 45.3 Å². The Hall–Kier alpha value is -1.47. The number of hydrogen-bond acceptors (Lipinski definition) is 3. The second-order valence-corrected chi connectivity index (χ2v) is 5.52. The Bertz CT molecular complexity index is 664. The SMILES string of the molecule is O=[N+]([O-])c1cccc(COc2cc(F)ccc2Br)c1Br. The van der Waals surface area contributed by atoms with E-state index in [1.807, 2.05) is 0 Å². The van der Waals surface area contributed by atoms with Gasteiger partial charge in [-0.15, -0.1) is 0 Å². The molecule has 0 amide bonds. The lowest BCUT2D eigenvalue weighted by Crippen LogP contribution is -1.99. The second kappa shape index (κ2) is 6.32. The van der Waals surface area contributed by atoms with Crippen LogP contribution in [0.1, 0.15) is 5.56 Å². The fraction of sp³-hybridized carbons (Fsp3) is 0.0769. The Kier molecular flexibility index (Phi) is 4.72. The zero-order valence-electron chi connectivity index (χ0n) is 9.98. The first-order valence-corrected chi connectivity index (χ1v) is 7.07. The molecule has 2 aromatic carbocycles. The normalized spacial score (nSPS) is 10.3. The van der Waals surface area contributed by atoms with E-state index < -0.39 is 10.7 Å². The molecule has 0 aliphatic carbocycles. The summed E-state index contributed by atoms with van der Waals surface area (Å²) in [5, 5.41) is 10.8. The van der Waals surface area contributed by atoms with Crippen molar-refractivity contribution < 1.29 is 14.1 Å². The second-order valence-electron chi connectivity index (χ2n) is 3.87. The van der Waals surface area contributed by atoms with Gasteiger partial charge in [0.05, 0.1) is 9.40 Å². The summed E-state index contributed by atoms with van der Waals surface area (Å²) < 4.78 is 19.6. The van der Waals surface area contributed by atoms with Crippen LogP contribution in [-0.4, -0.2) is 4.92 Å². The fourth-order valence-electron chi connectivity index (χ4n) is 1.56. The average molecular weight is 405 g/mol. The number of benzene rings is 2. The zero-order chi connectivity index (χ0) is 14.7. The lowest BCUT2D eigenvalue weighted by atomic mass is 10.2. The van der Waals surface area contributed by atoms with Crippen molar-refractivity contribution in [3.63, 3.8) is 0 Å². The summed E-state index contributed by atoms with van der Waals surface area (Å²) in [6.07, 6.45) is 0. The minimum absolute atomic E-state index is 0.0376. The topological polar surface area (TPSA) is 52.4 Å². The van der Waals surface area contributed by atoms with E-state index in [4.69, 9.17) is 4.74 Å². The maximum Gasteiger partial charge on any atom is 0.283 e. The van der Waals surface area contributed by atoms with Gasteiger partial charge in [0.15, 0.2) is 0 Å². The number of hydrogen-bond donors (Lipinski definition) is 0. The molecule has 0 radical (unpaired) electrons. The molecule has 0 N–H and O–H groups in total. The van der Waals surface area contributed by atoms with E-state index in [2.05, 4.69) is 31.9 Å². The van der Waals surface area contributed by atoms with E-state index in [-0.39, 0.29) is 12.3 Å². The number of rotatable bonds is 4. The van der Waals surface area contributed by atoms with Crippen molar-refractivity contribution in [2.75, 3.05) is 0 Å². The molecule has 0 fully saturated rings. The molecule has 0 aliphatic rings. The average Bonchev–Trinajstić information content (AvgIpc) is 2.41. The first-order chi connectivity index (χ1) is 9.49. The summed E-state index contributed by atoms with van der Waals surface area (Å²) in [6.45, 7) is 0.0876. The molecule has 2 aromatic rings. The number of halogens is 3. The van der Waals surface area contributed by atoms with Crippen LogP contribution in [0.25, 0.3) is 0 Å². The van der Waals surface area contributed by atoms with E-state index in [1.165, 1.54) is 24.3 Å². The van der Waals surface area contributed by atoms with Crippen LogP contribution in [0, 0.1) is 15.9 Å². The molecular weight excluding hydrogens is 397 g/mol. The largest absolute Gasteiger partial charge is 0.488 e. The van der Waals surface area contributed by atoms with Gasteiger partial charge in [-0.3, -0.25) is 10.1 Å². The minimum Gasteiger partial charge on any atom is -0.488 e. The standard InChI is InChI=1S/C13H8Br2FNO3/c14-10-5-4-9(16)6-12(10)20-7-8-2-1-3-11(13(8)15)17(18)19/h1-6H,7H2. The van der Waals surface area contributed by atoms with Crippen molar-refractivity contribution in [1.29, 1.82) is 0 Å². The first-order valence-electron chi connectivity index (χ1n) is 5.48. The van der Waals surface area contributed by atoms with Crippen LogP contribution in [0.2, 0.25) is 0 Å². The van der Waals surface area contributed by atoms with Gasteiger partial charge in [0, 0.05) is 17.7 Å². The van der Waals surface area contributed by atoms with Gasteiger partial charge in [-0.05, 0) is 44.0 Å². The van der Waals surface area contributed by atoms with Gasteiger partial charge < -0.3 is 4.74 Å². The highest BCUT2D eigenvalue weighted by molar-refractivity contribution is 9.11. The van der Waals surface area contributed by atoms with Gasteiger partial charge in [0.1, 0.15) is 22.6 Å². The smallest absolute Gasteiger partial charge is 0.283 e. The molecule has 0 aromatic heterocycles. The van der Waals surface area contributed by atoms with E-state index in [9.17, 15) is 14.5 Å². The summed E-state index contributed by atoms with van der Waals surface area (Å²) in [6, 6.07) is 8.75. The highest BCUT2D eigenvalue weighted by atomic mass is 79.9. The highest BCUT2D eigenvalue weighted by Gasteiger charge is 2.15. The number of ether oxygens (including phenoxy) is 1. The van der Waals surface area contributed by atoms with Crippen molar-refractivity contribution in [3.8, 4) is 5.75 Å². The van der Waals surface area contributed by atoms with Crippen molar-refractivity contribution in [2.45, 2.75) is 6.61 Å². The number of nitro groups is 1. The Labute approximate surface area is 131 Å². The van der Waals surface area contributed by atoms with Crippen molar-refractivity contribution >= 4 is 37.5 Å². The summed E-state index contributed by atoms with van der Waals surface area (Å²) >= 11 is 6.43. The van der Waals surface area contributed by atoms with Crippen molar-refractivity contribution in [2.24, 2.45) is 0 Å². The van der Waals surface area contributed by atoms with Crippen LogP contribution in [0.5, 0.6) is 5.75 Å². The maximum absolute atomic E-state index is 13.1. The molecule has 4 nitrogen and oxygen atoms in total. The summed E-state index contributed by atoms with van der Waals surface area (Å²) in [5.74, 6) is -0.0790. The Morgan fingerprint density at radius 2 is 2.00 bits per heavy atom. The molecule has 0 bridgehead atoms. The predicted molar refractivity (Wildman–Crippen MR) is 79.2 cm³/mol. The molecule has 20 heavy (non-hydrogen) atoms. The number of nitro benzene ring substituents is 1. The molecule has 0 saturated carbocycles. The van der Waals surface area contributed by atoms with Crippen LogP contribution in [0.4, 0.5) is 10.1 Å². The molecule has 0 heterocycles. The first kappa shape index (κ1) is 14.9. The monoisotopic (exact) mass is 403 g/mol. The molecule has 0 atom stereocenters. The van der Waals surface area contributed by atoms with Crippen molar-refractivity contribution in [3.05, 3.63) is 66.8 Å². The van der Waals surface area contributed by atoms with Gasteiger partial charge in [-0.2, -0.15) is 0 Å². The van der Waals surface area contributed by atoms with Gasteiger partial charge in [0.2, 0.25) is 0 Å². The lowest BCUT2D eigenvalue weighted by molar-refractivity contribution is -0.385. The molecule has 0 unspecified atom stereocenters. The quantitative estimate of drug-likeness (QED) is 0.541. The lowest BCUT2D eigenvalue weighted by Gasteiger charge is -2.09. The molecule has 0 spiro atoms. The van der Waals surface area contributed by atoms with Crippen LogP contribution in [-0.2, 0) is 6.61 Å². The van der Waals surface area contributed by atoms with E-state index in [1.54, 1.807) is 12.1 Å². The van der Waals surface area contributed by atoms with Gasteiger partial charge in [0.25, 0.3) is 5.69 Å². The highest BCUT2D eigenvalue weighted by Crippen LogP contribution is 2.31. The maximum atomic E-state index is 13.1. The van der Waals surface area contributed by atoms with Gasteiger partial charge in [-0.1, -0.05) is 12.1 Å². The van der Waals surface area contributed by atoms with E-state index >= 15 is 0 Å². The van der Waals surface area contributed by atoms with Crippen molar-refractivity contribution in [1.82, 2.24) is 0 Å². The number of nitrogens with zero attached hydrogens (tertiary/aromatic N) is 1. The minimum atomic E-state index is -0.480. The van der Waals surface area contributed by atoms with Gasteiger partial charge >= 0.3 is 0 Å². The van der Waals surface area contributed by atoms with E-state index in [0.29, 0.717) is 20.3 Å². The molecule has 2 rings (SSSR count). The predicted octanol–water partition coefficient (Wildman–Crippen LogP) is 4.84. The molecule has 7 heteroatoms. The third kappa shape index (κ3) is 3.34. The van der Waals surface area contributed by atoms with Crippen LogP contribution < -0.4 is 4.74 Å². The molecule has 0 saturated heterocycles. The summed E-state index contributed by atoms with van der Waals surface area (Å²) in [7, 11) is 0. The zero-order valence-corrected chi connectivity index (χ0v) is 13.1. The Morgan fingerprint density at radius 1 is 1.25 bits per heavy atom. The summed E-state index contributed by atoms with van der Waals surface area (Å²) in [4.78, 5) is 10.3. The van der Waals surface area contributed by atoms with Crippen LogP contribution in [0.3, 0.4) is 0 Å². The third-order valence-electron chi connectivity index (χ3n) is 2.53. The summed E-state index contributed by atoms with van der Waals surface area (Å²) in [5.41, 5.74) is 0.569. The fourth-order valence-corrected chi connectivity index (χ4v) is 2.45. The third-order valence-corrected chi connectivity index (χ3v) is 4.10. The Morgan fingerprint density at radius 3 is 2.70 bits per heavy atom. The van der Waals surface area contributed by atoms with Crippen LogP contribution >= 0.6 is 31.9 Å². The molecule has 104 valence electrons.